The van der Waals surface area contributed by atoms with Gasteiger partial charge in [-0.15, -0.1) is 0 Å². The van der Waals surface area contributed by atoms with E-state index in [1.165, 1.54) is 0 Å². The molecule has 88 valence electrons. The molecule has 0 spiro atoms. The van der Waals surface area contributed by atoms with Crippen molar-refractivity contribution in [1.82, 2.24) is 10.2 Å². The Labute approximate surface area is 91.6 Å². The van der Waals surface area contributed by atoms with E-state index in [2.05, 4.69) is 10.2 Å². The summed E-state index contributed by atoms with van der Waals surface area (Å²) in [6.07, 6.45) is 1.32. The van der Waals surface area contributed by atoms with Gasteiger partial charge in [0.15, 0.2) is 0 Å². The number of likely N-dealkylation sites (tertiary alicyclic amines) is 1. The Morgan fingerprint density at radius 1 is 1.53 bits per heavy atom. The van der Waals surface area contributed by atoms with Crippen molar-refractivity contribution in [1.29, 1.82) is 0 Å². The molecule has 0 atom stereocenters. The van der Waals surface area contributed by atoms with Gasteiger partial charge in [0.1, 0.15) is 0 Å². The lowest BCUT2D eigenvalue weighted by atomic mass is 9.91. The van der Waals surface area contributed by atoms with Crippen LogP contribution in [-0.2, 0) is 4.79 Å². The number of hydrogen-bond acceptors (Lipinski definition) is 3. The molecule has 1 aliphatic rings. The molecule has 4 heteroatoms. The van der Waals surface area contributed by atoms with E-state index in [1.807, 2.05) is 20.8 Å². The number of β-amino-alcohol motifs (C(OH)–C–C–N with tert-alkyl or cyclic N) is 1. The molecule has 0 unspecified atom stereocenters. The number of rotatable bonds is 5. The van der Waals surface area contributed by atoms with E-state index in [-0.39, 0.29) is 11.9 Å². The van der Waals surface area contributed by atoms with Gasteiger partial charge in [0.25, 0.3) is 0 Å². The maximum Gasteiger partial charge on any atom is 0.221 e. The van der Waals surface area contributed by atoms with E-state index in [9.17, 15) is 9.90 Å². The number of amides is 1. The van der Waals surface area contributed by atoms with E-state index < -0.39 is 5.60 Å². The minimum absolute atomic E-state index is 0.0944. The maximum atomic E-state index is 11.3. The Morgan fingerprint density at radius 2 is 2.13 bits per heavy atom. The van der Waals surface area contributed by atoms with E-state index in [0.29, 0.717) is 19.5 Å². The zero-order chi connectivity index (χ0) is 11.5. The summed E-state index contributed by atoms with van der Waals surface area (Å²) in [6, 6.07) is 0.210. The molecule has 4 nitrogen and oxygen atoms in total. The highest BCUT2D eigenvalue weighted by Crippen LogP contribution is 2.23. The highest BCUT2D eigenvalue weighted by Gasteiger charge is 2.38. The molecule has 0 bridgehead atoms. The summed E-state index contributed by atoms with van der Waals surface area (Å²) in [7, 11) is 0. The minimum Gasteiger partial charge on any atom is -0.387 e. The van der Waals surface area contributed by atoms with E-state index >= 15 is 0 Å². The summed E-state index contributed by atoms with van der Waals surface area (Å²) in [5.41, 5.74) is -0.492. The van der Waals surface area contributed by atoms with Crippen LogP contribution in [0.5, 0.6) is 0 Å². The molecule has 0 aliphatic carbocycles. The fourth-order valence-electron chi connectivity index (χ4n) is 1.82. The lowest BCUT2D eigenvalue weighted by Crippen LogP contribution is -2.61. The van der Waals surface area contributed by atoms with E-state index in [4.69, 9.17) is 0 Å². The van der Waals surface area contributed by atoms with Crippen LogP contribution in [0.3, 0.4) is 0 Å². The van der Waals surface area contributed by atoms with Crippen LogP contribution in [0.1, 0.15) is 33.6 Å². The molecule has 0 saturated carbocycles. The summed E-state index contributed by atoms with van der Waals surface area (Å²) in [4.78, 5) is 13.4. The highest BCUT2D eigenvalue weighted by molar-refractivity contribution is 5.76. The van der Waals surface area contributed by atoms with Crippen LogP contribution in [0.4, 0.5) is 0 Å². The second-order valence-electron chi connectivity index (χ2n) is 4.76. The summed E-state index contributed by atoms with van der Waals surface area (Å²) < 4.78 is 0. The van der Waals surface area contributed by atoms with Gasteiger partial charge in [0.05, 0.1) is 5.60 Å². The highest BCUT2D eigenvalue weighted by atomic mass is 16.3. The third kappa shape index (κ3) is 3.80. The van der Waals surface area contributed by atoms with Crippen LogP contribution >= 0.6 is 0 Å². The predicted octanol–water partition coefficient (Wildman–Crippen LogP) is 0.358. The monoisotopic (exact) mass is 214 g/mol. The molecule has 1 saturated heterocycles. The van der Waals surface area contributed by atoms with Crippen molar-refractivity contribution in [2.75, 3.05) is 19.6 Å². The Balaban J connectivity index is 2.10. The first-order chi connectivity index (χ1) is 6.95. The summed E-state index contributed by atoms with van der Waals surface area (Å²) >= 11 is 0. The average Bonchev–Trinajstić information content (AvgIpc) is 2.09. The Morgan fingerprint density at radius 3 is 2.60 bits per heavy atom. The van der Waals surface area contributed by atoms with Gasteiger partial charge in [-0.05, 0) is 20.3 Å². The third-order valence-corrected chi connectivity index (χ3v) is 2.80. The SMILES string of the molecule is CCC1(O)CN(CCC(=O)NC(C)C)C1. The van der Waals surface area contributed by atoms with Crippen molar-refractivity contribution < 1.29 is 9.90 Å². The van der Waals surface area contributed by atoms with E-state index in [0.717, 1.165) is 13.0 Å². The van der Waals surface area contributed by atoms with Gasteiger partial charge in [-0.2, -0.15) is 0 Å². The summed E-state index contributed by atoms with van der Waals surface area (Å²) in [6.45, 7) is 8.06. The lowest BCUT2D eigenvalue weighted by Gasteiger charge is -2.46. The molecular formula is C11H22N2O2. The molecule has 0 aromatic rings. The summed E-state index contributed by atoms with van der Waals surface area (Å²) in [5.74, 6) is 0.0944. The van der Waals surface area contributed by atoms with Gasteiger partial charge in [-0.3, -0.25) is 9.69 Å². The number of nitrogens with one attached hydrogen (secondary N) is 1. The van der Waals surface area contributed by atoms with Crippen LogP contribution < -0.4 is 5.32 Å². The quantitative estimate of drug-likeness (QED) is 0.694. The van der Waals surface area contributed by atoms with Crippen molar-refractivity contribution >= 4 is 5.91 Å². The number of carbonyl (C=O) groups is 1. The molecule has 0 radical (unpaired) electrons. The van der Waals surface area contributed by atoms with Gasteiger partial charge in [0.2, 0.25) is 5.91 Å². The Kier molecular flexibility index (Phi) is 4.11. The van der Waals surface area contributed by atoms with Gasteiger partial charge >= 0.3 is 0 Å². The van der Waals surface area contributed by atoms with Crippen LogP contribution in [-0.4, -0.2) is 47.2 Å². The molecular weight excluding hydrogens is 192 g/mol. The van der Waals surface area contributed by atoms with Gasteiger partial charge in [0, 0.05) is 32.1 Å². The molecule has 2 N–H and O–H groups in total. The van der Waals surface area contributed by atoms with Crippen LogP contribution in [0.25, 0.3) is 0 Å². The molecule has 0 aromatic heterocycles. The van der Waals surface area contributed by atoms with Gasteiger partial charge in [-0.25, -0.2) is 0 Å². The van der Waals surface area contributed by atoms with Crippen molar-refractivity contribution in [2.45, 2.75) is 45.3 Å². The van der Waals surface area contributed by atoms with Gasteiger partial charge < -0.3 is 10.4 Å². The molecule has 1 rings (SSSR count). The lowest BCUT2D eigenvalue weighted by molar-refractivity contribution is -0.125. The minimum atomic E-state index is -0.492. The molecule has 1 aliphatic heterocycles. The number of aliphatic hydroxyl groups is 1. The number of carbonyl (C=O) groups excluding carboxylic acids is 1. The molecule has 1 fully saturated rings. The summed E-state index contributed by atoms with van der Waals surface area (Å²) in [5, 5.41) is 12.6. The van der Waals surface area contributed by atoms with Crippen molar-refractivity contribution in [2.24, 2.45) is 0 Å². The first-order valence-electron chi connectivity index (χ1n) is 5.69. The first-order valence-corrected chi connectivity index (χ1v) is 5.69. The van der Waals surface area contributed by atoms with Crippen LogP contribution in [0, 0.1) is 0 Å². The number of nitrogens with zero attached hydrogens (tertiary/aromatic N) is 1. The van der Waals surface area contributed by atoms with Crippen molar-refractivity contribution in [3.8, 4) is 0 Å². The van der Waals surface area contributed by atoms with Crippen molar-refractivity contribution in [3.63, 3.8) is 0 Å². The zero-order valence-corrected chi connectivity index (χ0v) is 9.92. The maximum absolute atomic E-state index is 11.3. The van der Waals surface area contributed by atoms with Gasteiger partial charge in [-0.1, -0.05) is 6.92 Å². The predicted molar refractivity (Wildman–Crippen MR) is 59.6 cm³/mol. The van der Waals surface area contributed by atoms with Crippen LogP contribution in [0.2, 0.25) is 0 Å². The molecule has 15 heavy (non-hydrogen) atoms. The second-order valence-corrected chi connectivity index (χ2v) is 4.76. The van der Waals surface area contributed by atoms with Crippen LogP contribution in [0.15, 0.2) is 0 Å². The third-order valence-electron chi connectivity index (χ3n) is 2.80. The normalized spacial score (nSPS) is 20.1. The number of hydrogen-bond donors (Lipinski definition) is 2. The molecule has 1 heterocycles. The van der Waals surface area contributed by atoms with E-state index in [1.54, 1.807) is 0 Å². The fraction of sp³-hybridized carbons (Fsp3) is 0.909. The standard InChI is InChI=1S/C11H22N2O2/c1-4-11(15)7-13(8-11)6-5-10(14)12-9(2)3/h9,15H,4-8H2,1-3H3,(H,12,14). The smallest absolute Gasteiger partial charge is 0.221 e. The van der Waals surface area contributed by atoms with Crippen molar-refractivity contribution in [3.05, 3.63) is 0 Å². The topological polar surface area (TPSA) is 52.6 Å². The Bertz CT molecular complexity index is 223. The average molecular weight is 214 g/mol. The first kappa shape index (κ1) is 12.5. The molecule has 1 amide bonds. The fourth-order valence-corrected chi connectivity index (χ4v) is 1.82. The zero-order valence-electron chi connectivity index (χ0n) is 9.92. The molecule has 0 aromatic carbocycles. The Hall–Kier alpha value is -0.610. The second kappa shape index (κ2) is 4.94. The largest absolute Gasteiger partial charge is 0.387 e.